The van der Waals surface area contributed by atoms with E-state index in [1.54, 1.807) is 0 Å². The van der Waals surface area contributed by atoms with E-state index in [-0.39, 0.29) is 23.8 Å². The fourth-order valence-electron chi connectivity index (χ4n) is 1.85. The summed E-state index contributed by atoms with van der Waals surface area (Å²) in [6, 6.07) is 15.4. The van der Waals surface area contributed by atoms with Crippen LogP contribution in [0.1, 0.15) is 15.9 Å². The number of phenols is 1. The summed E-state index contributed by atoms with van der Waals surface area (Å²) in [5, 5.41) is 11.8. The van der Waals surface area contributed by atoms with Crippen LogP contribution in [0, 0.1) is 0 Å². The minimum Gasteiger partial charge on any atom is -0.508 e. The first-order chi connectivity index (χ1) is 10.6. The van der Waals surface area contributed by atoms with Crippen LogP contribution < -0.4 is 5.32 Å². The molecule has 0 radical (unpaired) electrons. The fourth-order valence-corrected chi connectivity index (χ4v) is 1.85. The van der Waals surface area contributed by atoms with E-state index in [1.807, 2.05) is 30.3 Å². The number of hydrogen-bond acceptors (Lipinski definition) is 4. The Morgan fingerprint density at radius 1 is 1.00 bits per heavy atom. The highest BCUT2D eigenvalue weighted by molar-refractivity contribution is 5.91. The predicted octanol–water partition coefficient (Wildman–Crippen LogP) is 1.91. The summed E-state index contributed by atoms with van der Waals surface area (Å²) in [4.78, 5) is 23.3. The van der Waals surface area contributed by atoms with Gasteiger partial charge in [-0.15, -0.1) is 0 Å². The number of ether oxygens (including phenoxy) is 1. The Bertz CT molecular complexity index is 623. The number of rotatable bonds is 6. The van der Waals surface area contributed by atoms with Gasteiger partial charge < -0.3 is 15.2 Å². The molecule has 0 spiro atoms. The van der Waals surface area contributed by atoms with E-state index < -0.39 is 5.97 Å². The molecule has 0 atom stereocenters. The van der Waals surface area contributed by atoms with Crippen LogP contribution in [0.2, 0.25) is 0 Å². The van der Waals surface area contributed by atoms with Crippen molar-refractivity contribution in [2.75, 3.05) is 13.2 Å². The molecule has 0 saturated heterocycles. The quantitative estimate of drug-likeness (QED) is 0.799. The molecule has 0 aliphatic rings. The largest absolute Gasteiger partial charge is 0.508 e. The second-order valence-corrected chi connectivity index (χ2v) is 4.71. The highest BCUT2D eigenvalue weighted by Gasteiger charge is 2.09. The van der Waals surface area contributed by atoms with E-state index in [1.165, 1.54) is 24.3 Å². The average Bonchev–Trinajstić information content (AvgIpc) is 2.54. The van der Waals surface area contributed by atoms with Gasteiger partial charge in [-0.1, -0.05) is 30.3 Å². The van der Waals surface area contributed by atoms with Gasteiger partial charge in [0.25, 0.3) is 5.91 Å². The molecule has 1 amide bonds. The molecule has 0 bridgehead atoms. The van der Waals surface area contributed by atoms with E-state index in [9.17, 15) is 9.59 Å². The molecule has 0 heterocycles. The van der Waals surface area contributed by atoms with Crippen LogP contribution in [0.15, 0.2) is 54.6 Å². The third-order valence-electron chi connectivity index (χ3n) is 3.02. The molecular formula is C17H17NO4. The van der Waals surface area contributed by atoms with Crippen LogP contribution in [-0.4, -0.2) is 30.1 Å². The minimum absolute atomic E-state index is 0.0650. The molecule has 0 fully saturated rings. The standard InChI is InChI=1S/C17H17NO4/c19-15-8-6-14(7-9-15)17(21)22-12-16(20)18-11-10-13-4-2-1-3-5-13/h1-9,19H,10-12H2,(H,18,20). The Morgan fingerprint density at radius 3 is 2.36 bits per heavy atom. The van der Waals surface area contributed by atoms with Crippen molar-refractivity contribution >= 4 is 11.9 Å². The first-order valence-electron chi connectivity index (χ1n) is 6.92. The maximum Gasteiger partial charge on any atom is 0.338 e. The van der Waals surface area contributed by atoms with Crippen LogP contribution in [0.3, 0.4) is 0 Å². The molecule has 0 saturated carbocycles. The summed E-state index contributed by atoms with van der Waals surface area (Å²) in [7, 11) is 0. The Balaban J connectivity index is 1.69. The van der Waals surface area contributed by atoms with Gasteiger partial charge in [0.05, 0.1) is 5.56 Å². The van der Waals surface area contributed by atoms with Gasteiger partial charge >= 0.3 is 5.97 Å². The lowest BCUT2D eigenvalue weighted by molar-refractivity contribution is -0.124. The minimum atomic E-state index is -0.599. The van der Waals surface area contributed by atoms with E-state index in [0.29, 0.717) is 6.54 Å². The Labute approximate surface area is 128 Å². The fraction of sp³-hybridized carbons (Fsp3) is 0.176. The van der Waals surface area contributed by atoms with Crippen molar-refractivity contribution in [1.29, 1.82) is 0 Å². The number of carbonyl (C=O) groups excluding carboxylic acids is 2. The highest BCUT2D eigenvalue weighted by Crippen LogP contribution is 2.10. The van der Waals surface area contributed by atoms with Crippen LogP contribution >= 0.6 is 0 Å². The molecule has 0 aliphatic heterocycles. The predicted molar refractivity (Wildman–Crippen MR) is 81.5 cm³/mol. The number of hydrogen-bond donors (Lipinski definition) is 2. The maximum atomic E-state index is 11.7. The topological polar surface area (TPSA) is 75.6 Å². The van der Waals surface area contributed by atoms with E-state index >= 15 is 0 Å². The highest BCUT2D eigenvalue weighted by atomic mass is 16.5. The van der Waals surface area contributed by atoms with Gasteiger partial charge in [-0.3, -0.25) is 4.79 Å². The Morgan fingerprint density at radius 2 is 1.68 bits per heavy atom. The molecule has 2 aromatic rings. The van der Waals surface area contributed by atoms with E-state index in [2.05, 4.69) is 5.32 Å². The molecule has 5 nitrogen and oxygen atoms in total. The summed E-state index contributed by atoms with van der Waals surface area (Å²) < 4.78 is 4.90. The third kappa shape index (κ3) is 4.94. The van der Waals surface area contributed by atoms with Crippen molar-refractivity contribution in [3.05, 3.63) is 65.7 Å². The summed E-state index contributed by atoms with van der Waals surface area (Å²) in [6.07, 6.45) is 0.721. The van der Waals surface area contributed by atoms with Crippen molar-refractivity contribution in [2.45, 2.75) is 6.42 Å². The average molecular weight is 299 g/mol. The van der Waals surface area contributed by atoms with Crippen LogP contribution in [0.25, 0.3) is 0 Å². The smallest absolute Gasteiger partial charge is 0.338 e. The van der Waals surface area contributed by atoms with Crippen LogP contribution in [0.5, 0.6) is 5.75 Å². The summed E-state index contributed by atoms with van der Waals surface area (Å²) in [5.41, 5.74) is 1.42. The van der Waals surface area contributed by atoms with Gasteiger partial charge in [0.15, 0.2) is 6.61 Å². The molecular weight excluding hydrogens is 282 g/mol. The number of phenolic OH excluding ortho intramolecular Hbond substituents is 1. The van der Waals surface area contributed by atoms with Gasteiger partial charge in [0, 0.05) is 6.54 Å². The molecule has 2 N–H and O–H groups in total. The lowest BCUT2D eigenvalue weighted by Gasteiger charge is -2.07. The lowest BCUT2D eigenvalue weighted by Crippen LogP contribution is -2.30. The number of nitrogens with one attached hydrogen (secondary N) is 1. The van der Waals surface area contributed by atoms with Crippen molar-refractivity contribution in [1.82, 2.24) is 5.32 Å². The molecule has 5 heteroatoms. The normalized spacial score (nSPS) is 10.0. The zero-order chi connectivity index (χ0) is 15.8. The van der Waals surface area contributed by atoms with E-state index in [0.717, 1.165) is 12.0 Å². The number of aromatic hydroxyl groups is 1. The number of carbonyl (C=O) groups is 2. The number of esters is 1. The molecule has 0 aromatic heterocycles. The van der Waals surface area contributed by atoms with Gasteiger partial charge in [-0.2, -0.15) is 0 Å². The van der Waals surface area contributed by atoms with Crippen molar-refractivity contribution in [2.24, 2.45) is 0 Å². The van der Waals surface area contributed by atoms with Crippen LogP contribution in [0.4, 0.5) is 0 Å². The zero-order valence-electron chi connectivity index (χ0n) is 12.0. The summed E-state index contributed by atoms with van der Waals surface area (Å²) in [5.74, 6) is -0.878. The molecule has 114 valence electrons. The van der Waals surface area contributed by atoms with Crippen molar-refractivity contribution in [3.8, 4) is 5.75 Å². The van der Waals surface area contributed by atoms with Gasteiger partial charge in [0.2, 0.25) is 0 Å². The SMILES string of the molecule is O=C(COC(=O)c1ccc(O)cc1)NCCc1ccccc1. The summed E-state index contributed by atoms with van der Waals surface area (Å²) >= 11 is 0. The van der Waals surface area contributed by atoms with Gasteiger partial charge in [-0.25, -0.2) is 4.79 Å². The van der Waals surface area contributed by atoms with Gasteiger partial charge in [0.1, 0.15) is 5.75 Å². The summed E-state index contributed by atoms with van der Waals surface area (Å²) in [6.45, 7) is 0.161. The van der Waals surface area contributed by atoms with Crippen molar-refractivity contribution < 1.29 is 19.4 Å². The van der Waals surface area contributed by atoms with Crippen LogP contribution in [-0.2, 0) is 16.0 Å². The molecule has 0 aliphatic carbocycles. The molecule has 2 rings (SSSR count). The first-order valence-corrected chi connectivity index (χ1v) is 6.92. The number of benzene rings is 2. The first kappa shape index (κ1) is 15.6. The molecule has 2 aromatic carbocycles. The Hall–Kier alpha value is -2.82. The van der Waals surface area contributed by atoms with Crippen molar-refractivity contribution in [3.63, 3.8) is 0 Å². The molecule has 0 unspecified atom stereocenters. The molecule has 22 heavy (non-hydrogen) atoms. The second-order valence-electron chi connectivity index (χ2n) is 4.71. The van der Waals surface area contributed by atoms with E-state index in [4.69, 9.17) is 9.84 Å². The van der Waals surface area contributed by atoms with Gasteiger partial charge in [-0.05, 0) is 36.2 Å². The zero-order valence-corrected chi connectivity index (χ0v) is 12.0. The third-order valence-corrected chi connectivity index (χ3v) is 3.02. The Kier molecular flexibility index (Phi) is 5.54. The second kappa shape index (κ2) is 7.83. The maximum absolute atomic E-state index is 11.7. The lowest BCUT2D eigenvalue weighted by atomic mass is 10.1. The monoisotopic (exact) mass is 299 g/mol. The number of amides is 1.